The molecule has 0 heterocycles. The summed E-state index contributed by atoms with van der Waals surface area (Å²) in [6.07, 6.45) is 0. The Labute approximate surface area is 117 Å². The van der Waals surface area contributed by atoms with Gasteiger partial charge in [-0.05, 0) is 48.4 Å². The molecule has 0 aromatic heterocycles. The number of aromatic hydroxyl groups is 2. The van der Waals surface area contributed by atoms with Gasteiger partial charge in [0, 0.05) is 19.2 Å². The lowest BCUT2D eigenvalue weighted by Gasteiger charge is -2.18. The van der Waals surface area contributed by atoms with Crippen LogP contribution in [-0.2, 0) is 6.54 Å². The van der Waals surface area contributed by atoms with Crippen LogP contribution in [0.5, 0.6) is 11.5 Å². The van der Waals surface area contributed by atoms with Crippen LogP contribution < -0.4 is 0 Å². The largest absolute Gasteiger partial charge is 0.508 e. The highest BCUT2D eigenvalue weighted by molar-refractivity contribution is 5.95. The maximum Gasteiger partial charge on any atom is 0.254 e. The minimum Gasteiger partial charge on any atom is -0.508 e. The zero-order valence-electron chi connectivity index (χ0n) is 11.5. The Kier molecular flexibility index (Phi) is 3.94. The van der Waals surface area contributed by atoms with Crippen LogP contribution in [0.4, 0.5) is 0 Å². The molecule has 0 spiro atoms. The van der Waals surface area contributed by atoms with E-state index in [2.05, 4.69) is 0 Å². The van der Waals surface area contributed by atoms with Gasteiger partial charge in [0.2, 0.25) is 0 Å². The Morgan fingerprint density at radius 1 is 1.05 bits per heavy atom. The first-order valence-corrected chi connectivity index (χ1v) is 6.30. The van der Waals surface area contributed by atoms with Crippen molar-refractivity contribution < 1.29 is 15.0 Å². The summed E-state index contributed by atoms with van der Waals surface area (Å²) in [4.78, 5) is 13.9. The number of hydrogen-bond donors (Lipinski definition) is 2. The molecular weight excluding hydrogens is 254 g/mol. The number of rotatable bonds is 3. The van der Waals surface area contributed by atoms with E-state index < -0.39 is 0 Å². The summed E-state index contributed by atoms with van der Waals surface area (Å²) in [6, 6.07) is 11.5. The van der Waals surface area contributed by atoms with Crippen LogP contribution in [0.15, 0.2) is 42.5 Å². The Morgan fingerprint density at radius 3 is 2.25 bits per heavy atom. The molecule has 4 heteroatoms. The highest BCUT2D eigenvalue weighted by Crippen LogP contribution is 2.18. The highest BCUT2D eigenvalue weighted by Gasteiger charge is 2.14. The second-order valence-electron chi connectivity index (χ2n) is 4.83. The number of phenols is 2. The van der Waals surface area contributed by atoms with Gasteiger partial charge in [-0.25, -0.2) is 0 Å². The predicted octanol–water partition coefficient (Wildman–Crippen LogP) is 2.68. The second kappa shape index (κ2) is 5.65. The molecule has 0 radical (unpaired) electrons. The molecule has 2 rings (SSSR count). The molecule has 0 unspecified atom stereocenters. The Balaban J connectivity index is 2.14. The molecule has 2 N–H and O–H groups in total. The lowest BCUT2D eigenvalue weighted by atomic mass is 10.1. The van der Waals surface area contributed by atoms with Crippen LogP contribution in [0.3, 0.4) is 0 Å². The first-order chi connectivity index (χ1) is 9.47. The van der Waals surface area contributed by atoms with E-state index in [0.717, 1.165) is 11.1 Å². The van der Waals surface area contributed by atoms with Crippen molar-refractivity contribution >= 4 is 5.91 Å². The van der Waals surface area contributed by atoms with E-state index in [-0.39, 0.29) is 17.4 Å². The summed E-state index contributed by atoms with van der Waals surface area (Å²) in [5.41, 5.74) is 2.26. The zero-order valence-corrected chi connectivity index (χ0v) is 11.5. The van der Waals surface area contributed by atoms with Gasteiger partial charge in [0.25, 0.3) is 5.91 Å². The van der Waals surface area contributed by atoms with Gasteiger partial charge >= 0.3 is 0 Å². The number of aryl methyl sites for hydroxylation is 1. The average molecular weight is 271 g/mol. The van der Waals surface area contributed by atoms with Crippen molar-refractivity contribution in [3.63, 3.8) is 0 Å². The molecule has 0 aliphatic rings. The molecule has 0 fully saturated rings. The maximum atomic E-state index is 12.3. The van der Waals surface area contributed by atoms with E-state index in [9.17, 15) is 15.0 Å². The Morgan fingerprint density at radius 2 is 1.65 bits per heavy atom. The lowest BCUT2D eigenvalue weighted by molar-refractivity contribution is 0.0784. The van der Waals surface area contributed by atoms with Crippen molar-refractivity contribution in [2.75, 3.05) is 7.05 Å². The van der Waals surface area contributed by atoms with Crippen molar-refractivity contribution in [3.05, 3.63) is 59.2 Å². The van der Waals surface area contributed by atoms with E-state index in [1.807, 2.05) is 0 Å². The quantitative estimate of drug-likeness (QED) is 0.902. The van der Waals surface area contributed by atoms with Gasteiger partial charge in [0.05, 0.1) is 0 Å². The molecule has 1 amide bonds. The van der Waals surface area contributed by atoms with Gasteiger partial charge in [-0.3, -0.25) is 4.79 Å². The van der Waals surface area contributed by atoms with Crippen LogP contribution in [0.1, 0.15) is 21.5 Å². The van der Waals surface area contributed by atoms with Crippen LogP contribution in [0.25, 0.3) is 0 Å². The van der Waals surface area contributed by atoms with Crippen molar-refractivity contribution in [2.45, 2.75) is 13.5 Å². The molecule has 0 bridgehead atoms. The lowest BCUT2D eigenvalue weighted by Crippen LogP contribution is -2.26. The summed E-state index contributed by atoms with van der Waals surface area (Å²) in [5, 5.41) is 18.6. The molecule has 0 saturated carbocycles. The second-order valence-corrected chi connectivity index (χ2v) is 4.83. The van der Waals surface area contributed by atoms with Gasteiger partial charge in [0.15, 0.2) is 0 Å². The topological polar surface area (TPSA) is 60.8 Å². The minimum atomic E-state index is -0.101. The normalized spacial score (nSPS) is 10.3. The van der Waals surface area contributed by atoms with Gasteiger partial charge in [-0.1, -0.05) is 12.1 Å². The number of carbonyl (C=O) groups is 1. The zero-order chi connectivity index (χ0) is 14.7. The summed E-state index contributed by atoms with van der Waals surface area (Å²) in [7, 11) is 1.72. The molecule has 0 atom stereocenters. The van der Waals surface area contributed by atoms with E-state index in [1.54, 1.807) is 55.3 Å². The summed E-state index contributed by atoms with van der Waals surface area (Å²) in [6.45, 7) is 2.25. The molecule has 0 aliphatic carbocycles. The van der Waals surface area contributed by atoms with E-state index in [0.29, 0.717) is 12.1 Å². The number of carbonyl (C=O) groups excluding carboxylic acids is 1. The number of phenolic OH excluding ortho intramolecular Hbond substituents is 2. The van der Waals surface area contributed by atoms with Crippen molar-refractivity contribution in [2.24, 2.45) is 0 Å². The highest BCUT2D eigenvalue weighted by atomic mass is 16.3. The van der Waals surface area contributed by atoms with Gasteiger partial charge in [-0.15, -0.1) is 0 Å². The standard InChI is InChI=1S/C16H17NO3/c1-11-9-14(19)7-8-15(11)16(20)17(2)10-12-3-5-13(18)6-4-12/h3-9,18-19H,10H2,1-2H3. The number of nitrogens with zero attached hydrogens (tertiary/aromatic N) is 1. The fourth-order valence-electron chi connectivity index (χ4n) is 2.04. The van der Waals surface area contributed by atoms with Gasteiger partial charge < -0.3 is 15.1 Å². The fraction of sp³-hybridized carbons (Fsp3) is 0.188. The van der Waals surface area contributed by atoms with E-state index >= 15 is 0 Å². The van der Waals surface area contributed by atoms with Crippen LogP contribution in [0.2, 0.25) is 0 Å². The number of hydrogen-bond acceptors (Lipinski definition) is 3. The molecule has 2 aromatic rings. The molecular formula is C16H17NO3. The molecule has 104 valence electrons. The summed E-state index contributed by atoms with van der Waals surface area (Å²) >= 11 is 0. The Bertz CT molecular complexity index is 620. The molecule has 20 heavy (non-hydrogen) atoms. The van der Waals surface area contributed by atoms with Crippen molar-refractivity contribution in [1.29, 1.82) is 0 Å². The molecule has 0 saturated heterocycles. The summed E-state index contributed by atoms with van der Waals surface area (Å²) < 4.78 is 0. The predicted molar refractivity (Wildman–Crippen MR) is 76.7 cm³/mol. The molecule has 4 nitrogen and oxygen atoms in total. The SMILES string of the molecule is Cc1cc(O)ccc1C(=O)N(C)Cc1ccc(O)cc1. The third-order valence-electron chi connectivity index (χ3n) is 3.14. The van der Waals surface area contributed by atoms with E-state index in [4.69, 9.17) is 0 Å². The monoisotopic (exact) mass is 271 g/mol. The first-order valence-electron chi connectivity index (χ1n) is 6.30. The molecule has 2 aromatic carbocycles. The molecule has 0 aliphatic heterocycles. The fourth-order valence-corrected chi connectivity index (χ4v) is 2.04. The minimum absolute atomic E-state index is 0.101. The van der Waals surface area contributed by atoms with Crippen molar-refractivity contribution in [1.82, 2.24) is 4.90 Å². The first kappa shape index (κ1) is 13.9. The Hall–Kier alpha value is -2.49. The number of benzene rings is 2. The van der Waals surface area contributed by atoms with Crippen LogP contribution >= 0.6 is 0 Å². The number of amides is 1. The van der Waals surface area contributed by atoms with Crippen LogP contribution in [-0.4, -0.2) is 28.1 Å². The van der Waals surface area contributed by atoms with Gasteiger partial charge in [0.1, 0.15) is 11.5 Å². The smallest absolute Gasteiger partial charge is 0.254 e. The van der Waals surface area contributed by atoms with Crippen LogP contribution in [0, 0.1) is 6.92 Å². The van der Waals surface area contributed by atoms with Crippen molar-refractivity contribution in [3.8, 4) is 11.5 Å². The van der Waals surface area contributed by atoms with Gasteiger partial charge in [-0.2, -0.15) is 0 Å². The maximum absolute atomic E-state index is 12.3. The summed E-state index contributed by atoms with van der Waals surface area (Å²) in [5.74, 6) is 0.257. The van der Waals surface area contributed by atoms with E-state index in [1.165, 1.54) is 6.07 Å². The third kappa shape index (κ3) is 3.09. The average Bonchev–Trinajstić information content (AvgIpc) is 2.40. The third-order valence-corrected chi connectivity index (χ3v) is 3.14.